The average Bonchev–Trinajstić information content (AvgIpc) is 3.11. The molecule has 29 heavy (non-hydrogen) atoms. The van der Waals surface area contributed by atoms with Crippen molar-refractivity contribution in [2.45, 2.75) is 50.7 Å². The molecule has 0 aliphatic carbocycles. The maximum Gasteiger partial charge on any atom is 0.186 e. The zero-order valence-electron chi connectivity index (χ0n) is 16.6. The maximum atomic E-state index is 8.48. The van der Waals surface area contributed by atoms with E-state index in [0.29, 0.717) is 32.6 Å². The lowest BCUT2D eigenvalue weighted by molar-refractivity contribution is -0.167. The monoisotopic (exact) mass is 397 g/mol. The Morgan fingerprint density at radius 3 is 2.07 bits per heavy atom. The molecule has 154 valence electrons. The van der Waals surface area contributed by atoms with Gasteiger partial charge in [-0.2, -0.15) is 0 Å². The molecule has 7 nitrogen and oxygen atoms in total. The number of hydrogen-bond donors (Lipinski definition) is 0. The van der Waals surface area contributed by atoms with Crippen molar-refractivity contribution in [2.75, 3.05) is 13.7 Å². The Kier molecular flexibility index (Phi) is 8.49. The molecule has 1 fully saturated rings. The van der Waals surface area contributed by atoms with Crippen molar-refractivity contribution < 1.29 is 18.9 Å². The third kappa shape index (κ3) is 6.29. The Morgan fingerprint density at radius 1 is 0.931 bits per heavy atom. The van der Waals surface area contributed by atoms with Crippen molar-refractivity contribution in [3.63, 3.8) is 0 Å². The number of methoxy groups -OCH3 is 1. The van der Waals surface area contributed by atoms with Crippen LogP contribution >= 0.6 is 0 Å². The van der Waals surface area contributed by atoms with E-state index in [1.54, 1.807) is 7.11 Å². The first-order valence-corrected chi connectivity index (χ1v) is 9.82. The van der Waals surface area contributed by atoms with E-state index in [1.807, 2.05) is 60.7 Å². The molecule has 0 amide bonds. The topological polar surface area (TPSA) is 85.7 Å². The van der Waals surface area contributed by atoms with E-state index < -0.39 is 6.29 Å². The number of azide groups is 1. The van der Waals surface area contributed by atoms with Crippen molar-refractivity contribution in [1.82, 2.24) is 0 Å². The molecule has 4 atom stereocenters. The summed E-state index contributed by atoms with van der Waals surface area (Å²) in [5.74, 6) is 0. The summed E-state index contributed by atoms with van der Waals surface area (Å²) in [6.45, 7) is 1.34. The average molecular weight is 397 g/mol. The number of ether oxygens (including phenoxy) is 4. The highest BCUT2D eigenvalue weighted by Crippen LogP contribution is 2.31. The van der Waals surface area contributed by atoms with E-state index in [9.17, 15) is 0 Å². The van der Waals surface area contributed by atoms with Crippen molar-refractivity contribution in [3.8, 4) is 0 Å². The lowest BCUT2D eigenvalue weighted by atomic mass is 10.1. The molecule has 1 saturated heterocycles. The molecule has 3 rings (SSSR count). The smallest absolute Gasteiger partial charge is 0.186 e. The van der Waals surface area contributed by atoms with E-state index >= 15 is 0 Å². The molecule has 0 N–H and O–H groups in total. The van der Waals surface area contributed by atoms with Crippen LogP contribution in [-0.4, -0.2) is 38.3 Å². The Balaban J connectivity index is 1.68. The molecule has 0 radical (unpaired) electrons. The molecular formula is C22H27N3O4. The summed E-state index contributed by atoms with van der Waals surface area (Å²) in [6.07, 6.45) is 0.0660. The Labute approximate surface area is 171 Å². The Morgan fingerprint density at radius 2 is 1.52 bits per heavy atom. The van der Waals surface area contributed by atoms with Gasteiger partial charge in [0.05, 0.1) is 19.3 Å². The zero-order valence-corrected chi connectivity index (χ0v) is 16.6. The van der Waals surface area contributed by atoms with Gasteiger partial charge >= 0.3 is 0 Å². The minimum Gasteiger partial charge on any atom is -0.368 e. The van der Waals surface area contributed by atoms with Gasteiger partial charge in [0.25, 0.3) is 0 Å². The van der Waals surface area contributed by atoms with Crippen LogP contribution in [0.25, 0.3) is 10.4 Å². The highest BCUT2D eigenvalue weighted by atomic mass is 16.7. The van der Waals surface area contributed by atoms with Crippen LogP contribution in [0.15, 0.2) is 65.8 Å². The van der Waals surface area contributed by atoms with Crippen molar-refractivity contribution >= 4 is 0 Å². The van der Waals surface area contributed by atoms with Gasteiger partial charge in [0, 0.05) is 18.6 Å². The first kappa shape index (κ1) is 21.3. The number of benzene rings is 2. The fourth-order valence-corrected chi connectivity index (χ4v) is 3.43. The molecule has 0 saturated carbocycles. The molecule has 7 heteroatoms. The minimum absolute atomic E-state index is 0.196. The first-order chi connectivity index (χ1) is 14.3. The largest absolute Gasteiger partial charge is 0.368 e. The summed E-state index contributed by atoms with van der Waals surface area (Å²) < 4.78 is 24.1. The lowest BCUT2D eigenvalue weighted by Crippen LogP contribution is -2.38. The molecule has 1 aliphatic rings. The maximum absolute atomic E-state index is 8.48. The normalized spacial score (nSPS) is 23.6. The van der Waals surface area contributed by atoms with Gasteiger partial charge < -0.3 is 18.9 Å². The van der Waals surface area contributed by atoms with Crippen molar-refractivity contribution in [1.29, 1.82) is 0 Å². The second-order valence-electron chi connectivity index (χ2n) is 6.90. The van der Waals surface area contributed by atoms with Crippen LogP contribution in [0.5, 0.6) is 0 Å². The molecule has 1 heterocycles. The summed E-state index contributed by atoms with van der Waals surface area (Å²) in [7, 11) is 1.61. The molecular weight excluding hydrogens is 370 g/mol. The van der Waals surface area contributed by atoms with Crippen molar-refractivity contribution in [2.24, 2.45) is 5.11 Å². The molecule has 0 bridgehead atoms. The minimum atomic E-state index is -0.510. The molecule has 2 aromatic rings. The number of rotatable bonds is 11. The predicted molar refractivity (Wildman–Crippen MR) is 109 cm³/mol. The molecule has 1 aliphatic heterocycles. The van der Waals surface area contributed by atoms with Crippen LogP contribution in [0.4, 0.5) is 0 Å². The quantitative estimate of drug-likeness (QED) is 0.240. The summed E-state index contributed by atoms with van der Waals surface area (Å²) in [5.41, 5.74) is 10.6. The van der Waals surface area contributed by atoms with Gasteiger partial charge in [-0.05, 0) is 29.5 Å². The lowest BCUT2D eigenvalue weighted by Gasteiger charge is -2.24. The standard InChI is InChI=1S/C22H27N3O4/c1-26-22-21(28-16-18-11-6-3-7-12-18)20(19(29-22)13-8-14-24-25-23)27-15-17-9-4-2-5-10-17/h2-7,9-12,19-22H,8,13-16H2,1H3/t19-,20-,21-,22?/m1/s1. The number of hydrogen-bond acceptors (Lipinski definition) is 5. The van der Waals surface area contributed by atoms with Gasteiger partial charge in [-0.3, -0.25) is 0 Å². The van der Waals surface area contributed by atoms with Crippen LogP contribution < -0.4 is 0 Å². The van der Waals surface area contributed by atoms with Gasteiger partial charge in [0.2, 0.25) is 0 Å². The van der Waals surface area contributed by atoms with Gasteiger partial charge in [-0.25, -0.2) is 0 Å². The third-order valence-electron chi connectivity index (χ3n) is 4.88. The van der Waals surface area contributed by atoms with Gasteiger partial charge in [-0.15, -0.1) is 0 Å². The summed E-state index contributed by atoms with van der Waals surface area (Å²) in [6, 6.07) is 20.0. The zero-order chi connectivity index (χ0) is 20.3. The second kappa shape index (κ2) is 11.6. The summed E-state index contributed by atoms with van der Waals surface area (Å²) >= 11 is 0. The van der Waals surface area contributed by atoms with Crippen LogP contribution in [0.2, 0.25) is 0 Å². The molecule has 0 spiro atoms. The summed E-state index contributed by atoms with van der Waals surface area (Å²) in [5, 5.41) is 3.61. The van der Waals surface area contributed by atoms with Gasteiger partial charge in [0.1, 0.15) is 12.2 Å². The fraction of sp³-hybridized carbons (Fsp3) is 0.455. The third-order valence-corrected chi connectivity index (χ3v) is 4.88. The van der Waals surface area contributed by atoms with Gasteiger partial charge in [-0.1, -0.05) is 65.8 Å². The Bertz CT molecular complexity index is 768. The van der Waals surface area contributed by atoms with Crippen molar-refractivity contribution in [3.05, 3.63) is 82.2 Å². The van der Waals surface area contributed by atoms with Crippen LogP contribution in [-0.2, 0) is 32.2 Å². The van der Waals surface area contributed by atoms with Crippen LogP contribution in [0.1, 0.15) is 24.0 Å². The molecule has 1 unspecified atom stereocenters. The highest BCUT2D eigenvalue weighted by Gasteiger charge is 2.46. The van der Waals surface area contributed by atoms with Gasteiger partial charge in [0.15, 0.2) is 6.29 Å². The van der Waals surface area contributed by atoms with E-state index in [1.165, 1.54) is 0 Å². The summed E-state index contributed by atoms with van der Waals surface area (Å²) in [4.78, 5) is 2.81. The van der Waals surface area contributed by atoms with E-state index in [-0.39, 0.29) is 18.3 Å². The SMILES string of the molecule is COC1O[C@H](CCCN=[N+]=[N-])[C@@H](OCc2ccccc2)[C@H]1OCc1ccccc1. The fourth-order valence-electron chi connectivity index (χ4n) is 3.43. The Hall–Kier alpha value is -2.41. The number of nitrogens with zero attached hydrogens (tertiary/aromatic N) is 3. The molecule has 2 aromatic carbocycles. The molecule has 0 aromatic heterocycles. The predicted octanol–water partition coefficient (Wildman–Crippen LogP) is 4.62. The highest BCUT2D eigenvalue weighted by molar-refractivity contribution is 5.14. The first-order valence-electron chi connectivity index (χ1n) is 9.82. The van der Waals surface area contributed by atoms with E-state index in [4.69, 9.17) is 24.5 Å². The second-order valence-corrected chi connectivity index (χ2v) is 6.90. The van der Waals surface area contributed by atoms with E-state index in [0.717, 1.165) is 11.1 Å². The van der Waals surface area contributed by atoms with Crippen LogP contribution in [0.3, 0.4) is 0 Å². The van der Waals surface area contributed by atoms with E-state index in [2.05, 4.69) is 10.0 Å². The van der Waals surface area contributed by atoms with Crippen LogP contribution in [0, 0.1) is 0 Å².